The predicted octanol–water partition coefficient (Wildman–Crippen LogP) is 1.85. The first-order valence-corrected chi connectivity index (χ1v) is 7.95. The number of rotatable bonds is 3. The number of fused-ring (bicyclic) bond motifs is 1. The molecule has 2 aromatic carbocycles. The number of benzene rings is 2. The van der Waals surface area contributed by atoms with Crippen molar-refractivity contribution in [2.45, 2.75) is 26.4 Å². The Kier molecular flexibility index (Phi) is 4.37. The highest BCUT2D eigenvalue weighted by molar-refractivity contribution is 6.62. The summed E-state index contributed by atoms with van der Waals surface area (Å²) in [6.07, 6.45) is 0. The minimum atomic E-state index is -1.00. The molecule has 0 radical (unpaired) electrons. The van der Waals surface area contributed by atoms with Crippen LogP contribution in [0.15, 0.2) is 42.5 Å². The molecule has 2 amide bonds. The van der Waals surface area contributed by atoms with E-state index in [1.54, 1.807) is 36.4 Å². The predicted molar refractivity (Wildman–Crippen MR) is 96.9 cm³/mol. The minimum Gasteiger partial charge on any atom is -0.423 e. The molecule has 0 fully saturated rings. The third-order valence-electron chi connectivity index (χ3n) is 4.10. The molecule has 0 atom stereocenters. The molecule has 0 saturated carbocycles. The minimum absolute atomic E-state index is 0.168. The monoisotopic (exact) mass is 338 g/mol. The maximum Gasteiger partial charge on any atom is 0.492 e. The number of carbonyl (C=O) groups is 2. The van der Waals surface area contributed by atoms with Gasteiger partial charge in [-0.3, -0.25) is 9.59 Å². The summed E-state index contributed by atoms with van der Waals surface area (Å²) in [5.74, 6) is -0.443. The van der Waals surface area contributed by atoms with Gasteiger partial charge in [0.25, 0.3) is 5.91 Å². The van der Waals surface area contributed by atoms with Crippen molar-refractivity contribution in [1.82, 2.24) is 0 Å². The highest BCUT2D eigenvalue weighted by Crippen LogP contribution is 2.30. The maximum atomic E-state index is 12.4. The summed E-state index contributed by atoms with van der Waals surface area (Å²) in [6, 6.07) is 12.0. The van der Waals surface area contributed by atoms with E-state index in [0.29, 0.717) is 22.4 Å². The van der Waals surface area contributed by atoms with Crippen LogP contribution in [0, 0.1) is 0 Å². The molecule has 1 aliphatic heterocycles. The van der Waals surface area contributed by atoms with E-state index in [1.807, 2.05) is 19.9 Å². The molecule has 3 N–H and O–H groups in total. The quantitative estimate of drug-likeness (QED) is 0.746. The SMILES string of the molecule is CC(=O)Nc1ccc(C(=O)Nc2ccc3c(c2)B(O)OC3(C)C)cc1. The fourth-order valence-corrected chi connectivity index (χ4v) is 2.91. The van der Waals surface area contributed by atoms with Crippen LogP contribution in [-0.2, 0) is 15.0 Å². The molecule has 25 heavy (non-hydrogen) atoms. The first kappa shape index (κ1) is 17.2. The van der Waals surface area contributed by atoms with Crippen LogP contribution in [0.4, 0.5) is 11.4 Å². The third kappa shape index (κ3) is 3.57. The molecule has 6 nitrogen and oxygen atoms in total. The van der Waals surface area contributed by atoms with Gasteiger partial charge in [-0.15, -0.1) is 0 Å². The molecule has 1 heterocycles. The van der Waals surface area contributed by atoms with Gasteiger partial charge in [0, 0.05) is 23.9 Å². The van der Waals surface area contributed by atoms with E-state index in [-0.39, 0.29) is 11.8 Å². The molecule has 1 aliphatic rings. The Morgan fingerprint density at radius 3 is 2.32 bits per heavy atom. The molecule has 0 aliphatic carbocycles. The van der Waals surface area contributed by atoms with Gasteiger partial charge >= 0.3 is 7.12 Å². The Morgan fingerprint density at radius 2 is 1.68 bits per heavy atom. The number of hydrogen-bond acceptors (Lipinski definition) is 4. The summed E-state index contributed by atoms with van der Waals surface area (Å²) in [6.45, 7) is 5.20. The van der Waals surface area contributed by atoms with Crippen molar-refractivity contribution < 1.29 is 19.3 Å². The number of amides is 2. The molecular weight excluding hydrogens is 319 g/mol. The van der Waals surface area contributed by atoms with Crippen molar-refractivity contribution in [1.29, 1.82) is 0 Å². The van der Waals surface area contributed by atoms with Gasteiger partial charge < -0.3 is 20.3 Å². The molecule has 3 rings (SSSR count). The van der Waals surface area contributed by atoms with Crippen molar-refractivity contribution in [3.63, 3.8) is 0 Å². The smallest absolute Gasteiger partial charge is 0.423 e. The van der Waals surface area contributed by atoms with Crippen LogP contribution in [0.1, 0.15) is 36.7 Å². The van der Waals surface area contributed by atoms with Crippen molar-refractivity contribution in [2.24, 2.45) is 0 Å². The van der Waals surface area contributed by atoms with Gasteiger partial charge in [-0.05, 0) is 61.3 Å². The Balaban J connectivity index is 1.76. The average molecular weight is 338 g/mol. The number of nitrogens with one attached hydrogen (secondary N) is 2. The molecule has 7 heteroatoms. The van der Waals surface area contributed by atoms with Crippen LogP contribution >= 0.6 is 0 Å². The van der Waals surface area contributed by atoms with Crippen molar-refractivity contribution >= 4 is 35.8 Å². The fraction of sp³-hybridized carbons (Fsp3) is 0.222. The molecule has 0 saturated heterocycles. The fourth-order valence-electron chi connectivity index (χ4n) is 2.91. The van der Waals surface area contributed by atoms with Crippen molar-refractivity contribution in [3.05, 3.63) is 53.6 Å². The number of hydrogen-bond donors (Lipinski definition) is 3. The van der Waals surface area contributed by atoms with E-state index in [0.717, 1.165) is 5.56 Å². The van der Waals surface area contributed by atoms with Crippen LogP contribution in [0.3, 0.4) is 0 Å². The second kappa shape index (κ2) is 6.35. The van der Waals surface area contributed by atoms with Crippen molar-refractivity contribution in [2.75, 3.05) is 10.6 Å². The van der Waals surface area contributed by atoms with Gasteiger partial charge in [-0.1, -0.05) is 6.07 Å². The van der Waals surface area contributed by atoms with E-state index in [1.165, 1.54) is 6.92 Å². The molecule has 0 aromatic heterocycles. The largest absolute Gasteiger partial charge is 0.492 e. The zero-order chi connectivity index (χ0) is 18.2. The van der Waals surface area contributed by atoms with Crippen LogP contribution in [0.25, 0.3) is 0 Å². The van der Waals surface area contributed by atoms with Crippen LogP contribution in [-0.4, -0.2) is 24.0 Å². The maximum absolute atomic E-state index is 12.4. The lowest BCUT2D eigenvalue weighted by Crippen LogP contribution is -2.29. The van der Waals surface area contributed by atoms with Gasteiger partial charge in [-0.25, -0.2) is 0 Å². The second-order valence-electron chi connectivity index (χ2n) is 6.50. The van der Waals surface area contributed by atoms with Gasteiger partial charge in [0.1, 0.15) is 0 Å². The lowest BCUT2D eigenvalue weighted by molar-refractivity contribution is -0.114. The van der Waals surface area contributed by atoms with Gasteiger partial charge in [-0.2, -0.15) is 0 Å². The van der Waals surface area contributed by atoms with Gasteiger partial charge in [0.05, 0.1) is 5.60 Å². The van der Waals surface area contributed by atoms with Gasteiger partial charge in [0.15, 0.2) is 0 Å². The highest BCUT2D eigenvalue weighted by Gasteiger charge is 2.40. The third-order valence-corrected chi connectivity index (χ3v) is 4.10. The molecule has 0 spiro atoms. The Hall–Kier alpha value is -2.64. The first-order chi connectivity index (χ1) is 11.8. The molecule has 0 bridgehead atoms. The van der Waals surface area contributed by atoms with Crippen LogP contribution < -0.4 is 16.1 Å². The van der Waals surface area contributed by atoms with Crippen LogP contribution in [0.2, 0.25) is 0 Å². The second-order valence-corrected chi connectivity index (χ2v) is 6.50. The zero-order valence-electron chi connectivity index (χ0n) is 14.3. The van der Waals surface area contributed by atoms with Crippen LogP contribution in [0.5, 0.6) is 0 Å². The van der Waals surface area contributed by atoms with Crippen molar-refractivity contribution in [3.8, 4) is 0 Å². The Labute approximate surface area is 146 Å². The average Bonchev–Trinajstić information content (AvgIpc) is 2.76. The summed E-state index contributed by atoms with van der Waals surface area (Å²) < 4.78 is 5.52. The molecule has 2 aromatic rings. The lowest BCUT2D eigenvalue weighted by atomic mass is 9.78. The standard InChI is InChI=1S/C18H19BN2O4/c1-11(22)20-13-6-4-12(5-7-13)17(23)21-14-8-9-15-16(10-14)19(24)25-18(15,2)3/h4-10,24H,1-3H3,(H,20,22)(H,21,23). The normalized spacial score (nSPS) is 14.8. The van der Waals surface area contributed by atoms with E-state index in [9.17, 15) is 14.6 Å². The highest BCUT2D eigenvalue weighted by atomic mass is 16.5. The molecule has 0 unspecified atom stereocenters. The molecular formula is C18H19BN2O4. The summed E-state index contributed by atoms with van der Waals surface area (Å²) in [5, 5.41) is 15.5. The zero-order valence-corrected chi connectivity index (χ0v) is 14.3. The number of carbonyl (C=O) groups excluding carboxylic acids is 2. The summed E-state index contributed by atoms with van der Waals surface area (Å²) in [5.41, 5.74) is 2.67. The number of anilines is 2. The van der Waals surface area contributed by atoms with E-state index >= 15 is 0 Å². The lowest BCUT2D eigenvalue weighted by Gasteiger charge is -2.19. The van der Waals surface area contributed by atoms with E-state index in [2.05, 4.69) is 10.6 Å². The Morgan fingerprint density at radius 1 is 1.04 bits per heavy atom. The van der Waals surface area contributed by atoms with E-state index in [4.69, 9.17) is 4.65 Å². The summed E-state index contributed by atoms with van der Waals surface area (Å²) in [4.78, 5) is 23.4. The summed E-state index contributed by atoms with van der Waals surface area (Å²) in [7, 11) is -1.00. The first-order valence-electron chi connectivity index (χ1n) is 7.95. The topological polar surface area (TPSA) is 87.7 Å². The molecule has 128 valence electrons. The Bertz CT molecular complexity index is 833. The van der Waals surface area contributed by atoms with E-state index < -0.39 is 12.7 Å². The van der Waals surface area contributed by atoms with Gasteiger partial charge in [0.2, 0.25) is 5.91 Å². The summed E-state index contributed by atoms with van der Waals surface area (Å²) >= 11 is 0.